The standard InChI is InChI=1S/C73H43B3N4O4/c81-73-49-39-55-65(83-67-38-48(77(44-21-5-1-6-22-44)45-23-7-2-8-24-45)37-61-69(67)75(55)52-30-14-18-34-58(52)78(61)46-25-9-3-10-26-46)42-63(49)82-64-43-66-56(40-50(64)73)76-54-32-16-20-36-60(54)80-59-35-19-15-31-53(59)74-51-29-13-17-33-57(51)79(47-27-11-4-12-28-47)62-41-68(84-66)71(76)72(80)70(62)74/h1-43H. The van der Waals surface area contributed by atoms with Gasteiger partial charge in [0.05, 0.1) is 16.5 Å². The molecule has 84 heavy (non-hydrogen) atoms. The Morgan fingerprint density at radius 1 is 0.310 bits per heavy atom. The Morgan fingerprint density at radius 3 is 1.19 bits per heavy atom. The number of fused-ring (bicyclic) bond motifs is 16. The van der Waals surface area contributed by atoms with Crippen molar-refractivity contribution in [2.45, 2.75) is 0 Å². The quantitative estimate of drug-likeness (QED) is 0.125. The zero-order valence-corrected chi connectivity index (χ0v) is 45.0. The molecule has 8 nitrogen and oxygen atoms in total. The Morgan fingerprint density at radius 2 is 0.702 bits per heavy atom. The summed E-state index contributed by atoms with van der Waals surface area (Å²) in [6.45, 7) is -0.573. The Labute approximate surface area is 484 Å². The monoisotopic (exact) mass is 1070 g/mol. The van der Waals surface area contributed by atoms with E-state index < -0.39 is 0 Å². The summed E-state index contributed by atoms with van der Waals surface area (Å²) < 4.78 is 21.6. The third-order valence-electron chi connectivity index (χ3n) is 18.3. The van der Waals surface area contributed by atoms with Crippen molar-refractivity contribution in [1.29, 1.82) is 0 Å². The first kappa shape index (κ1) is 45.8. The van der Waals surface area contributed by atoms with Crippen LogP contribution in [-0.4, -0.2) is 20.1 Å². The number of ether oxygens (including phenoxy) is 2. The third-order valence-corrected chi connectivity index (χ3v) is 18.3. The van der Waals surface area contributed by atoms with Gasteiger partial charge in [-0.3, -0.25) is 4.79 Å². The summed E-state index contributed by atoms with van der Waals surface area (Å²) in [7, 11) is 0. The average molecular weight is 1070 g/mol. The number of anilines is 12. The van der Waals surface area contributed by atoms with Crippen LogP contribution in [0.25, 0.3) is 21.9 Å². The van der Waals surface area contributed by atoms with E-state index in [4.69, 9.17) is 13.9 Å². The first-order valence-corrected chi connectivity index (χ1v) is 28.7. The summed E-state index contributed by atoms with van der Waals surface area (Å²) in [5.74, 6) is 2.79. The summed E-state index contributed by atoms with van der Waals surface area (Å²) in [5.41, 5.74) is 23.4. The molecule has 1 aromatic heterocycles. The van der Waals surface area contributed by atoms with Gasteiger partial charge in [0.2, 0.25) is 0 Å². The van der Waals surface area contributed by atoms with Crippen molar-refractivity contribution in [2.75, 3.05) is 19.6 Å². The first-order chi connectivity index (χ1) is 41.6. The second kappa shape index (κ2) is 17.1. The summed E-state index contributed by atoms with van der Waals surface area (Å²) in [5, 5.41) is 0.986. The van der Waals surface area contributed by atoms with Crippen molar-refractivity contribution >= 4 is 159 Å². The number of nitrogens with zero attached hydrogens (tertiary/aromatic N) is 4. The molecule has 0 amide bonds. The van der Waals surface area contributed by atoms with E-state index in [2.05, 4.69) is 250 Å². The molecule has 19 rings (SSSR count). The molecule has 0 aliphatic carbocycles. The van der Waals surface area contributed by atoms with E-state index in [1.807, 2.05) is 30.3 Å². The van der Waals surface area contributed by atoms with Crippen LogP contribution in [0.1, 0.15) is 0 Å². The molecule has 0 saturated carbocycles. The van der Waals surface area contributed by atoms with Gasteiger partial charge in [0.15, 0.2) is 5.43 Å². The predicted molar refractivity (Wildman–Crippen MR) is 346 cm³/mol. The highest BCUT2D eigenvalue weighted by Gasteiger charge is 2.51. The van der Waals surface area contributed by atoms with Crippen LogP contribution in [0, 0.1) is 0 Å². The Bertz CT molecular complexity index is 5010. The zero-order valence-electron chi connectivity index (χ0n) is 45.0. The van der Waals surface area contributed by atoms with Crippen LogP contribution in [0.2, 0.25) is 0 Å². The molecule has 0 atom stereocenters. The molecule has 12 aromatic carbocycles. The molecule has 0 saturated heterocycles. The van der Waals surface area contributed by atoms with Crippen LogP contribution in [0.5, 0.6) is 23.0 Å². The molecule has 0 bridgehead atoms. The Hall–Kier alpha value is -10.9. The fourth-order valence-electron chi connectivity index (χ4n) is 14.9. The third kappa shape index (κ3) is 6.22. The maximum atomic E-state index is 15.8. The van der Waals surface area contributed by atoms with Gasteiger partial charge in [0.25, 0.3) is 20.1 Å². The van der Waals surface area contributed by atoms with Crippen molar-refractivity contribution in [1.82, 2.24) is 0 Å². The minimum absolute atomic E-state index is 0.0398. The lowest BCUT2D eigenvalue weighted by atomic mass is 9.29. The lowest BCUT2D eigenvalue weighted by molar-refractivity contribution is 0.485. The van der Waals surface area contributed by atoms with Gasteiger partial charge < -0.3 is 33.5 Å². The van der Waals surface area contributed by atoms with E-state index in [0.717, 1.165) is 113 Å². The van der Waals surface area contributed by atoms with Gasteiger partial charge in [-0.05, 0) is 140 Å². The lowest BCUT2D eigenvalue weighted by Crippen LogP contribution is -2.67. The smallest absolute Gasteiger partial charge is 0.256 e. The molecule has 13 aromatic rings. The van der Waals surface area contributed by atoms with Crippen molar-refractivity contribution in [3.05, 3.63) is 271 Å². The van der Waals surface area contributed by atoms with E-state index in [1.165, 1.54) is 16.4 Å². The van der Waals surface area contributed by atoms with Crippen LogP contribution >= 0.6 is 0 Å². The molecule has 388 valence electrons. The van der Waals surface area contributed by atoms with Crippen LogP contribution in [0.3, 0.4) is 0 Å². The van der Waals surface area contributed by atoms with Crippen molar-refractivity contribution in [3.8, 4) is 23.0 Å². The Kier molecular flexibility index (Phi) is 9.31. The normalized spacial score (nSPS) is 13.8. The van der Waals surface area contributed by atoms with Crippen molar-refractivity contribution in [2.24, 2.45) is 0 Å². The molecule has 0 spiro atoms. The summed E-state index contributed by atoms with van der Waals surface area (Å²) in [6.07, 6.45) is 0. The average Bonchev–Trinajstić information content (AvgIpc) is 3.71. The van der Waals surface area contributed by atoms with E-state index in [-0.39, 0.29) is 25.6 Å². The molecule has 0 N–H and O–H groups in total. The number of para-hydroxylation sites is 8. The molecule has 0 fully saturated rings. The largest absolute Gasteiger partial charge is 0.458 e. The molecule has 0 unspecified atom stereocenters. The van der Waals surface area contributed by atoms with Gasteiger partial charge in [0, 0.05) is 86.8 Å². The highest BCUT2D eigenvalue weighted by atomic mass is 16.5. The van der Waals surface area contributed by atoms with E-state index in [1.54, 1.807) is 0 Å². The van der Waals surface area contributed by atoms with E-state index in [0.29, 0.717) is 33.4 Å². The van der Waals surface area contributed by atoms with Crippen LogP contribution in [0.4, 0.5) is 68.2 Å². The number of hydrogen-bond donors (Lipinski definition) is 0. The highest BCUT2D eigenvalue weighted by molar-refractivity contribution is 7.04. The van der Waals surface area contributed by atoms with Gasteiger partial charge in [-0.25, -0.2) is 0 Å². The topological polar surface area (TPSA) is 61.6 Å². The fraction of sp³-hybridized carbons (Fsp3) is 0. The van der Waals surface area contributed by atoms with Crippen molar-refractivity contribution in [3.63, 3.8) is 0 Å². The molecular formula is C73H43B3N4O4. The van der Waals surface area contributed by atoms with Crippen LogP contribution in [-0.2, 0) is 0 Å². The van der Waals surface area contributed by atoms with E-state index >= 15 is 4.79 Å². The molecule has 7 heterocycles. The SMILES string of the molecule is O=c1c2cc3c(cc2oc2cc4c(cc12)B1c2ccccc2N2c5ccccc5B5c6ccccc6N(c6ccccc6)c6cc(c1c2c65)O4)Oc1cc(N(c2ccccc2)c2ccccc2)cc2c1B3c1ccccc1N2c1ccccc1. The maximum Gasteiger partial charge on any atom is 0.256 e. The van der Waals surface area contributed by atoms with Gasteiger partial charge in [-0.1, -0.05) is 146 Å². The predicted octanol–water partition coefficient (Wildman–Crippen LogP) is 11.8. The minimum Gasteiger partial charge on any atom is -0.458 e. The van der Waals surface area contributed by atoms with Gasteiger partial charge in [0.1, 0.15) is 34.2 Å². The second-order valence-corrected chi connectivity index (χ2v) is 22.6. The summed E-state index contributed by atoms with van der Waals surface area (Å²) >= 11 is 0. The Balaban J connectivity index is 0.821. The first-order valence-electron chi connectivity index (χ1n) is 28.7. The lowest BCUT2D eigenvalue weighted by Gasteiger charge is -2.49. The van der Waals surface area contributed by atoms with Crippen LogP contribution in [0.15, 0.2) is 270 Å². The maximum absolute atomic E-state index is 15.8. The molecule has 6 aliphatic heterocycles. The molecule has 6 aliphatic rings. The highest BCUT2D eigenvalue weighted by Crippen LogP contribution is 2.50. The number of rotatable bonds is 5. The number of benzene rings is 12. The minimum atomic E-state index is -0.276. The molecule has 11 heteroatoms. The van der Waals surface area contributed by atoms with Crippen LogP contribution < -0.4 is 83.7 Å². The summed E-state index contributed by atoms with van der Waals surface area (Å²) in [6, 6.07) is 92.0. The van der Waals surface area contributed by atoms with Gasteiger partial charge >= 0.3 is 0 Å². The van der Waals surface area contributed by atoms with Gasteiger partial charge in [-0.2, -0.15) is 0 Å². The molecular weight excluding hydrogens is 1030 g/mol. The fourth-order valence-corrected chi connectivity index (χ4v) is 14.9. The van der Waals surface area contributed by atoms with E-state index in [9.17, 15) is 0 Å². The molecule has 0 radical (unpaired) electrons. The zero-order chi connectivity index (χ0) is 54.9. The van der Waals surface area contributed by atoms with Gasteiger partial charge in [-0.15, -0.1) is 0 Å². The summed E-state index contributed by atoms with van der Waals surface area (Å²) in [4.78, 5) is 25.3. The van der Waals surface area contributed by atoms with Crippen molar-refractivity contribution < 1.29 is 13.9 Å². The second-order valence-electron chi connectivity index (χ2n) is 22.6. The number of hydrogen-bond acceptors (Lipinski definition) is 8.